The van der Waals surface area contributed by atoms with Gasteiger partial charge in [0.05, 0.1) is 6.61 Å². The first-order valence-corrected chi connectivity index (χ1v) is 10.1. The van der Waals surface area contributed by atoms with Gasteiger partial charge in [0.15, 0.2) is 11.6 Å². The maximum absolute atomic E-state index is 14.4. The molecule has 2 rings (SSSR count). The largest absolute Gasteiger partial charge is 0.491 e. The molecule has 0 radical (unpaired) electrons. The number of hydrogen-bond acceptors (Lipinski definition) is 1. The second-order valence-electron chi connectivity index (χ2n) is 7.89. The molecule has 0 amide bonds. The predicted molar refractivity (Wildman–Crippen MR) is 100 cm³/mol. The highest BCUT2D eigenvalue weighted by atomic mass is 19.2. The number of halogens is 2. The normalized spacial score (nSPS) is 23.3. The van der Waals surface area contributed by atoms with E-state index in [9.17, 15) is 8.78 Å². The molecule has 0 aromatic heterocycles. The van der Waals surface area contributed by atoms with Crippen LogP contribution in [0.25, 0.3) is 0 Å². The molecule has 1 aliphatic carbocycles. The van der Waals surface area contributed by atoms with Crippen molar-refractivity contribution in [3.63, 3.8) is 0 Å². The number of hydrogen-bond donors (Lipinski definition) is 0. The summed E-state index contributed by atoms with van der Waals surface area (Å²) in [5.41, 5.74) is 0.534. The van der Waals surface area contributed by atoms with E-state index in [1.54, 1.807) is 19.1 Å². The molecule has 142 valence electrons. The van der Waals surface area contributed by atoms with Crippen molar-refractivity contribution in [2.75, 3.05) is 6.61 Å². The van der Waals surface area contributed by atoms with E-state index >= 15 is 0 Å². The summed E-state index contributed by atoms with van der Waals surface area (Å²) in [6.45, 7) is 9.06. The second kappa shape index (κ2) is 9.54. The molecule has 1 aromatic rings. The summed E-state index contributed by atoms with van der Waals surface area (Å²) in [5, 5.41) is 0. The fourth-order valence-electron chi connectivity index (χ4n) is 4.12. The van der Waals surface area contributed by atoms with Gasteiger partial charge in [0.2, 0.25) is 5.82 Å². The Morgan fingerprint density at radius 3 is 2.28 bits per heavy atom. The Kier molecular flexibility index (Phi) is 7.71. The smallest absolute Gasteiger partial charge is 0.200 e. The Balaban J connectivity index is 1.92. The maximum Gasteiger partial charge on any atom is 0.200 e. The molecule has 25 heavy (non-hydrogen) atoms. The van der Waals surface area contributed by atoms with Gasteiger partial charge in [0.25, 0.3) is 0 Å². The third kappa shape index (κ3) is 5.18. The van der Waals surface area contributed by atoms with Gasteiger partial charge in [-0.3, -0.25) is 0 Å². The SMILES string of the molecule is CCOc1ccc(C2CCC(C(C)CCC(C)CC)CC2)c(F)c1F. The van der Waals surface area contributed by atoms with Gasteiger partial charge < -0.3 is 4.74 Å². The van der Waals surface area contributed by atoms with Crippen LogP contribution >= 0.6 is 0 Å². The molecule has 0 saturated heterocycles. The van der Waals surface area contributed by atoms with Gasteiger partial charge in [0.1, 0.15) is 0 Å². The third-order valence-electron chi connectivity index (χ3n) is 6.20. The first kappa shape index (κ1) is 20.2. The van der Waals surface area contributed by atoms with Crippen LogP contribution in [0.2, 0.25) is 0 Å². The molecular formula is C22H34F2O. The molecule has 2 unspecified atom stereocenters. The summed E-state index contributed by atoms with van der Waals surface area (Å²) in [4.78, 5) is 0. The van der Waals surface area contributed by atoms with Crippen molar-refractivity contribution in [2.24, 2.45) is 17.8 Å². The van der Waals surface area contributed by atoms with Crippen molar-refractivity contribution < 1.29 is 13.5 Å². The molecule has 1 nitrogen and oxygen atoms in total. The number of ether oxygens (including phenoxy) is 1. The molecule has 1 fully saturated rings. The highest BCUT2D eigenvalue weighted by Gasteiger charge is 2.29. The molecule has 0 heterocycles. The van der Waals surface area contributed by atoms with E-state index in [1.165, 1.54) is 19.3 Å². The van der Waals surface area contributed by atoms with E-state index < -0.39 is 11.6 Å². The van der Waals surface area contributed by atoms with E-state index in [4.69, 9.17) is 4.74 Å². The lowest BCUT2D eigenvalue weighted by atomic mass is 9.73. The van der Waals surface area contributed by atoms with Gasteiger partial charge in [-0.2, -0.15) is 4.39 Å². The summed E-state index contributed by atoms with van der Waals surface area (Å²) in [6.07, 6.45) is 8.02. The molecule has 0 N–H and O–H groups in total. The average Bonchev–Trinajstić information content (AvgIpc) is 2.63. The predicted octanol–water partition coefficient (Wildman–Crippen LogP) is 7.10. The summed E-state index contributed by atoms with van der Waals surface area (Å²) >= 11 is 0. The average molecular weight is 353 g/mol. The summed E-state index contributed by atoms with van der Waals surface area (Å²) < 4.78 is 33.7. The Labute approximate surface area is 152 Å². The molecule has 1 aromatic carbocycles. The minimum absolute atomic E-state index is 0.0242. The van der Waals surface area contributed by atoms with Crippen molar-refractivity contribution in [3.05, 3.63) is 29.3 Å². The molecule has 0 spiro atoms. The van der Waals surface area contributed by atoms with E-state index in [0.29, 0.717) is 12.2 Å². The molecule has 1 aliphatic rings. The van der Waals surface area contributed by atoms with Gasteiger partial charge in [-0.15, -0.1) is 0 Å². The summed E-state index contributed by atoms with van der Waals surface area (Å²) in [7, 11) is 0. The van der Waals surface area contributed by atoms with Gasteiger partial charge in [-0.25, -0.2) is 4.39 Å². The van der Waals surface area contributed by atoms with Crippen molar-refractivity contribution in [2.45, 2.75) is 78.6 Å². The van der Waals surface area contributed by atoms with Crippen LogP contribution < -0.4 is 4.74 Å². The number of rotatable bonds is 8. The van der Waals surface area contributed by atoms with Crippen LogP contribution in [-0.4, -0.2) is 6.61 Å². The van der Waals surface area contributed by atoms with E-state index in [-0.39, 0.29) is 11.7 Å². The van der Waals surface area contributed by atoms with Gasteiger partial charge in [-0.1, -0.05) is 46.1 Å². The molecular weight excluding hydrogens is 318 g/mol. The van der Waals surface area contributed by atoms with E-state index in [1.807, 2.05) is 0 Å². The van der Waals surface area contributed by atoms with Crippen molar-refractivity contribution in [1.82, 2.24) is 0 Å². The molecule has 0 aliphatic heterocycles. The van der Waals surface area contributed by atoms with Crippen LogP contribution in [0.5, 0.6) is 5.75 Å². The lowest BCUT2D eigenvalue weighted by Crippen LogP contribution is -2.20. The monoisotopic (exact) mass is 352 g/mol. The Morgan fingerprint density at radius 2 is 1.68 bits per heavy atom. The minimum atomic E-state index is -0.830. The molecule has 3 heteroatoms. The van der Waals surface area contributed by atoms with Crippen LogP contribution in [0, 0.1) is 29.4 Å². The zero-order valence-electron chi connectivity index (χ0n) is 16.3. The zero-order valence-corrected chi connectivity index (χ0v) is 16.3. The molecule has 0 bridgehead atoms. The fourth-order valence-corrected chi connectivity index (χ4v) is 4.12. The second-order valence-corrected chi connectivity index (χ2v) is 7.89. The van der Waals surface area contributed by atoms with Gasteiger partial charge >= 0.3 is 0 Å². The minimum Gasteiger partial charge on any atom is -0.491 e. The van der Waals surface area contributed by atoms with Crippen LogP contribution in [0.4, 0.5) is 8.78 Å². The quantitative estimate of drug-likeness (QED) is 0.485. The topological polar surface area (TPSA) is 9.23 Å². The zero-order chi connectivity index (χ0) is 18.4. The third-order valence-corrected chi connectivity index (χ3v) is 6.20. The Hall–Kier alpha value is -1.12. The van der Waals surface area contributed by atoms with E-state index in [2.05, 4.69) is 20.8 Å². The van der Waals surface area contributed by atoms with E-state index in [0.717, 1.165) is 43.4 Å². The highest BCUT2D eigenvalue weighted by Crippen LogP contribution is 2.41. The van der Waals surface area contributed by atoms with Crippen LogP contribution in [-0.2, 0) is 0 Å². The molecule has 2 atom stereocenters. The highest BCUT2D eigenvalue weighted by molar-refractivity contribution is 5.33. The number of benzene rings is 1. The fraction of sp³-hybridized carbons (Fsp3) is 0.727. The lowest BCUT2D eigenvalue weighted by Gasteiger charge is -2.33. The molecule has 1 saturated carbocycles. The van der Waals surface area contributed by atoms with Crippen molar-refractivity contribution >= 4 is 0 Å². The maximum atomic E-state index is 14.4. The lowest BCUT2D eigenvalue weighted by molar-refractivity contribution is 0.223. The van der Waals surface area contributed by atoms with Crippen LogP contribution in [0.3, 0.4) is 0 Å². The Bertz CT molecular complexity index is 535. The first-order chi connectivity index (χ1) is 12.0. The first-order valence-electron chi connectivity index (χ1n) is 10.1. The van der Waals surface area contributed by atoms with Gasteiger partial charge in [0, 0.05) is 0 Å². The van der Waals surface area contributed by atoms with Crippen molar-refractivity contribution in [3.8, 4) is 5.75 Å². The van der Waals surface area contributed by atoms with Crippen LogP contribution in [0.15, 0.2) is 12.1 Å². The Morgan fingerprint density at radius 1 is 1.00 bits per heavy atom. The van der Waals surface area contributed by atoms with Crippen molar-refractivity contribution in [1.29, 1.82) is 0 Å². The van der Waals surface area contributed by atoms with Crippen LogP contribution in [0.1, 0.15) is 84.1 Å². The summed E-state index contributed by atoms with van der Waals surface area (Å²) in [6, 6.07) is 3.30. The van der Waals surface area contributed by atoms with Gasteiger partial charge in [-0.05, 0) is 67.9 Å². The standard InChI is InChI=1S/C22H34F2O/c1-5-15(3)7-8-16(4)17-9-11-18(12-10-17)19-13-14-20(25-6-2)22(24)21(19)23/h13-18H,5-12H2,1-4H3. The summed E-state index contributed by atoms with van der Waals surface area (Å²) in [5.74, 6) is 0.898.